The van der Waals surface area contributed by atoms with Gasteiger partial charge in [-0.2, -0.15) is 5.26 Å². The summed E-state index contributed by atoms with van der Waals surface area (Å²) in [4.78, 5) is 24.2. The maximum atomic E-state index is 12.6. The Morgan fingerprint density at radius 3 is 2.65 bits per heavy atom. The van der Waals surface area contributed by atoms with Crippen LogP contribution in [-0.2, 0) is 22.4 Å². The number of nitrogens with zero attached hydrogens (tertiary/aromatic N) is 1. The van der Waals surface area contributed by atoms with Gasteiger partial charge in [-0.15, -0.1) is 0 Å². The lowest BCUT2D eigenvalue weighted by Crippen LogP contribution is -2.50. The smallest absolute Gasteiger partial charge is 0.238 e. The number of piperidine rings is 1. The molecule has 3 N–H and O–H groups in total. The minimum Gasteiger partial charge on any atom is -0.339 e. The number of amides is 2. The molecule has 2 amide bonds. The second kappa shape index (κ2) is 8.16. The number of anilines is 1. The molecule has 1 saturated heterocycles. The highest BCUT2D eigenvalue weighted by molar-refractivity contribution is 5.94. The van der Waals surface area contributed by atoms with Crippen molar-refractivity contribution in [3.63, 3.8) is 0 Å². The molecule has 31 heavy (non-hydrogen) atoms. The van der Waals surface area contributed by atoms with E-state index in [1.54, 1.807) is 0 Å². The summed E-state index contributed by atoms with van der Waals surface area (Å²) in [5, 5.41) is 18.8. The van der Waals surface area contributed by atoms with E-state index in [2.05, 4.69) is 28.1 Å². The van der Waals surface area contributed by atoms with E-state index >= 15 is 0 Å². The topological polar surface area (TPSA) is 94.0 Å². The predicted molar refractivity (Wildman–Crippen MR) is 118 cm³/mol. The molecule has 2 bridgehead atoms. The third kappa shape index (κ3) is 4.06. The van der Waals surface area contributed by atoms with Gasteiger partial charge >= 0.3 is 0 Å². The van der Waals surface area contributed by atoms with Gasteiger partial charge in [0.2, 0.25) is 11.8 Å². The van der Waals surface area contributed by atoms with E-state index < -0.39 is 6.04 Å². The van der Waals surface area contributed by atoms with Crippen LogP contribution in [0.4, 0.5) is 5.69 Å². The number of fused-ring (bicyclic) bond motifs is 3. The standard InChI is InChI=1S/C25H26N4O2/c26-14-21(28-25(31)24-19-5-8-20(13-19)27-24)11-15-1-3-16(4-2-15)17-6-9-22-18(12-17)7-10-23(30)29-22/h1-4,6,9,12,19-21,24,27H,5,7-8,10-11,13H2,(H,28,31)(H,29,30)/t19-,20+,21-,24-/m0/s1. The number of carbonyl (C=O) groups is 2. The second-order valence-corrected chi connectivity index (χ2v) is 8.93. The lowest BCUT2D eigenvalue weighted by Gasteiger charge is -2.23. The maximum Gasteiger partial charge on any atom is 0.238 e. The molecule has 158 valence electrons. The molecule has 2 heterocycles. The number of nitrogens with one attached hydrogen (secondary N) is 3. The van der Waals surface area contributed by atoms with Crippen LogP contribution in [0.3, 0.4) is 0 Å². The van der Waals surface area contributed by atoms with Crippen LogP contribution in [0, 0.1) is 17.2 Å². The number of hydrogen-bond donors (Lipinski definition) is 3. The molecule has 3 aliphatic rings. The van der Waals surface area contributed by atoms with Crippen LogP contribution in [-0.4, -0.2) is 29.9 Å². The van der Waals surface area contributed by atoms with Gasteiger partial charge in [-0.05, 0) is 66.0 Å². The highest BCUT2D eigenvalue weighted by atomic mass is 16.2. The molecule has 0 unspecified atom stereocenters. The number of nitriles is 1. The lowest BCUT2D eigenvalue weighted by molar-refractivity contribution is -0.124. The fourth-order valence-corrected chi connectivity index (χ4v) is 5.17. The van der Waals surface area contributed by atoms with Crippen molar-refractivity contribution in [2.24, 2.45) is 5.92 Å². The minimum atomic E-state index is -0.536. The minimum absolute atomic E-state index is 0.0449. The molecule has 6 nitrogen and oxygen atoms in total. The zero-order valence-electron chi connectivity index (χ0n) is 17.4. The molecule has 0 spiro atoms. The first-order valence-corrected chi connectivity index (χ1v) is 11.1. The average molecular weight is 415 g/mol. The van der Waals surface area contributed by atoms with Crippen molar-refractivity contribution < 1.29 is 9.59 Å². The molecule has 2 aromatic rings. The molecule has 6 heteroatoms. The van der Waals surface area contributed by atoms with Crippen LogP contribution >= 0.6 is 0 Å². The summed E-state index contributed by atoms with van der Waals surface area (Å²) in [5.74, 6) is 0.435. The highest BCUT2D eigenvalue weighted by Gasteiger charge is 2.43. The van der Waals surface area contributed by atoms with E-state index in [4.69, 9.17) is 0 Å². The summed E-state index contributed by atoms with van der Waals surface area (Å²) in [6.45, 7) is 0. The van der Waals surface area contributed by atoms with Gasteiger partial charge < -0.3 is 16.0 Å². The fourth-order valence-electron chi connectivity index (χ4n) is 5.17. The SMILES string of the molecule is N#C[C@H](Cc1ccc(-c2ccc3c(c2)CCC(=O)N3)cc1)NC(=O)[C@H]1N[C@@H]2CC[C@H]1C2. The van der Waals surface area contributed by atoms with Crippen LogP contribution in [0.15, 0.2) is 42.5 Å². The Balaban J connectivity index is 1.23. The molecule has 2 aliphatic heterocycles. The van der Waals surface area contributed by atoms with Crippen LogP contribution in [0.25, 0.3) is 11.1 Å². The average Bonchev–Trinajstić information content (AvgIpc) is 3.42. The summed E-state index contributed by atoms with van der Waals surface area (Å²) < 4.78 is 0. The van der Waals surface area contributed by atoms with Crippen molar-refractivity contribution in [3.8, 4) is 17.2 Å². The Morgan fingerprint density at radius 2 is 1.94 bits per heavy atom. The molecular weight excluding hydrogens is 388 g/mol. The van der Waals surface area contributed by atoms with Crippen LogP contribution in [0.1, 0.15) is 36.8 Å². The molecule has 1 saturated carbocycles. The van der Waals surface area contributed by atoms with E-state index in [9.17, 15) is 14.9 Å². The lowest BCUT2D eigenvalue weighted by atomic mass is 9.95. The molecule has 2 fully saturated rings. The first kappa shape index (κ1) is 19.8. The van der Waals surface area contributed by atoms with Gasteiger partial charge in [-0.3, -0.25) is 9.59 Å². The summed E-state index contributed by atoms with van der Waals surface area (Å²) in [6, 6.07) is 16.3. The zero-order chi connectivity index (χ0) is 21.4. The van der Waals surface area contributed by atoms with Crippen molar-refractivity contribution in [1.29, 1.82) is 5.26 Å². The molecule has 4 atom stereocenters. The van der Waals surface area contributed by atoms with Crippen molar-refractivity contribution >= 4 is 17.5 Å². The molecular formula is C25H26N4O2. The molecule has 5 rings (SSSR count). The Bertz CT molecular complexity index is 1060. The Hall–Kier alpha value is -3.17. The van der Waals surface area contributed by atoms with Crippen molar-refractivity contribution in [2.45, 2.75) is 56.7 Å². The van der Waals surface area contributed by atoms with E-state index in [1.165, 1.54) is 0 Å². The van der Waals surface area contributed by atoms with Gasteiger partial charge in [0, 0.05) is 24.6 Å². The van der Waals surface area contributed by atoms with E-state index in [1.807, 2.05) is 36.4 Å². The van der Waals surface area contributed by atoms with Gasteiger partial charge in [0.05, 0.1) is 12.1 Å². The predicted octanol–water partition coefficient (Wildman–Crippen LogP) is 2.93. The van der Waals surface area contributed by atoms with Gasteiger partial charge in [-0.25, -0.2) is 0 Å². The number of benzene rings is 2. The first-order valence-electron chi connectivity index (χ1n) is 11.1. The number of carbonyl (C=O) groups excluding carboxylic acids is 2. The zero-order valence-corrected chi connectivity index (χ0v) is 17.4. The normalized spacial score (nSPS) is 24.7. The second-order valence-electron chi connectivity index (χ2n) is 8.93. The van der Waals surface area contributed by atoms with Gasteiger partial charge in [0.25, 0.3) is 0 Å². The van der Waals surface area contributed by atoms with Crippen LogP contribution in [0.5, 0.6) is 0 Å². The summed E-state index contributed by atoms with van der Waals surface area (Å²) in [6.07, 6.45) is 5.10. The first-order chi connectivity index (χ1) is 15.1. The molecule has 0 radical (unpaired) electrons. The van der Waals surface area contributed by atoms with Crippen molar-refractivity contribution in [2.75, 3.05) is 5.32 Å². The fraction of sp³-hybridized carbons (Fsp3) is 0.400. The molecule has 0 aromatic heterocycles. The van der Waals surface area contributed by atoms with Crippen molar-refractivity contribution in [1.82, 2.24) is 10.6 Å². The Kier molecular flexibility index (Phi) is 5.21. The van der Waals surface area contributed by atoms with Gasteiger partial charge in [0.15, 0.2) is 0 Å². The number of rotatable bonds is 5. The van der Waals surface area contributed by atoms with E-state index in [0.717, 1.165) is 53.6 Å². The quantitative estimate of drug-likeness (QED) is 0.701. The van der Waals surface area contributed by atoms with Gasteiger partial charge in [-0.1, -0.05) is 30.3 Å². The summed E-state index contributed by atoms with van der Waals surface area (Å²) in [5.41, 5.74) is 5.26. The Labute approximate surface area is 182 Å². The number of hydrogen-bond acceptors (Lipinski definition) is 4. The molecule has 2 aromatic carbocycles. The monoisotopic (exact) mass is 414 g/mol. The Morgan fingerprint density at radius 1 is 1.13 bits per heavy atom. The van der Waals surface area contributed by atoms with Crippen LogP contribution < -0.4 is 16.0 Å². The van der Waals surface area contributed by atoms with Gasteiger partial charge in [0.1, 0.15) is 6.04 Å². The maximum absolute atomic E-state index is 12.6. The third-order valence-electron chi connectivity index (χ3n) is 6.84. The third-order valence-corrected chi connectivity index (χ3v) is 6.84. The highest BCUT2D eigenvalue weighted by Crippen LogP contribution is 2.35. The van der Waals surface area contributed by atoms with E-state index in [0.29, 0.717) is 24.8 Å². The van der Waals surface area contributed by atoms with E-state index in [-0.39, 0.29) is 17.9 Å². The number of aryl methyl sites for hydroxylation is 1. The summed E-state index contributed by atoms with van der Waals surface area (Å²) >= 11 is 0. The molecule has 1 aliphatic carbocycles. The van der Waals surface area contributed by atoms with Crippen LogP contribution in [0.2, 0.25) is 0 Å². The van der Waals surface area contributed by atoms with Crippen molar-refractivity contribution in [3.05, 3.63) is 53.6 Å². The largest absolute Gasteiger partial charge is 0.339 e. The summed E-state index contributed by atoms with van der Waals surface area (Å²) in [7, 11) is 0.